The second-order valence-corrected chi connectivity index (χ2v) is 10.2. The number of alkyl halides is 1. The van der Waals surface area contributed by atoms with E-state index in [2.05, 4.69) is 30.5 Å². The Balaban J connectivity index is 1.27. The molecule has 2 N–H and O–H groups in total. The van der Waals surface area contributed by atoms with Crippen LogP contribution in [-0.4, -0.2) is 59.9 Å². The van der Waals surface area contributed by atoms with Crippen LogP contribution in [-0.2, 0) is 0 Å². The molecule has 0 amide bonds. The topological polar surface area (TPSA) is 116 Å². The van der Waals surface area contributed by atoms with E-state index in [-0.39, 0.29) is 29.4 Å². The third kappa shape index (κ3) is 3.86. The molecule has 4 heterocycles. The van der Waals surface area contributed by atoms with Gasteiger partial charge < -0.3 is 15.3 Å². The molecule has 186 valence electrons. The highest BCUT2D eigenvalue weighted by Crippen LogP contribution is 2.42. The maximum Gasteiger partial charge on any atom is 0.198 e. The largest absolute Gasteiger partial charge is 0.507 e. The van der Waals surface area contributed by atoms with Gasteiger partial charge in [-0.3, -0.25) is 0 Å². The highest BCUT2D eigenvalue weighted by atomic mass is 19.1. The van der Waals surface area contributed by atoms with Crippen molar-refractivity contribution in [2.75, 3.05) is 4.90 Å². The van der Waals surface area contributed by atoms with Crippen molar-refractivity contribution in [3.05, 3.63) is 42.1 Å². The summed E-state index contributed by atoms with van der Waals surface area (Å²) in [5.41, 5.74) is -0.140. The number of hydrogen-bond donors (Lipinski definition) is 2. The smallest absolute Gasteiger partial charge is 0.198 e. The van der Waals surface area contributed by atoms with E-state index in [1.165, 1.54) is 10.7 Å². The fourth-order valence-electron chi connectivity index (χ4n) is 5.71. The molecule has 11 heteroatoms. The summed E-state index contributed by atoms with van der Waals surface area (Å²) in [5, 5.41) is 35.5. The first-order valence-electron chi connectivity index (χ1n) is 12.2. The lowest BCUT2D eigenvalue weighted by Gasteiger charge is -2.52. The van der Waals surface area contributed by atoms with E-state index in [1.54, 1.807) is 24.4 Å². The zero-order chi connectivity index (χ0) is 25.0. The maximum atomic E-state index is 15.8. The number of phenolic OH excluding ortho intramolecular Hbond substituents is 1. The van der Waals surface area contributed by atoms with Gasteiger partial charge >= 0.3 is 0 Å². The van der Waals surface area contributed by atoms with Gasteiger partial charge in [-0.25, -0.2) is 18.4 Å². The van der Waals surface area contributed by atoms with E-state index >= 15 is 4.39 Å². The quantitative estimate of drug-likeness (QED) is 0.557. The van der Waals surface area contributed by atoms with Crippen LogP contribution >= 0.6 is 0 Å². The number of rotatable bonds is 5. The van der Waals surface area contributed by atoms with Crippen LogP contribution in [0.1, 0.15) is 51.1 Å². The molecule has 3 aromatic rings. The minimum absolute atomic E-state index is 0.140. The second kappa shape index (κ2) is 8.48. The van der Waals surface area contributed by atoms with Crippen LogP contribution in [0.2, 0.25) is 0 Å². The fraction of sp³-hybridized carbons (Fsp3) is 0.480. The molecular formula is C25H26F2N8O. The third-order valence-electron chi connectivity index (χ3n) is 7.63. The Morgan fingerprint density at radius 2 is 2.11 bits per heavy atom. The van der Waals surface area contributed by atoms with Crippen molar-refractivity contribution >= 4 is 5.82 Å². The van der Waals surface area contributed by atoms with Gasteiger partial charge in [0, 0.05) is 23.7 Å². The molecule has 2 saturated heterocycles. The van der Waals surface area contributed by atoms with Crippen molar-refractivity contribution in [1.29, 1.82) is 5.26 Å². The van der Waals surface area contributed by atoms with E-state index in [9.17, 15) is 9.50 Å². The Kier molecular flexibility index (Phi) is 5.37. The molecule has 1 aliphatic carbocycles. The number of aromatic nitrogens is 5. The molecule has 2 bridgehead atoms. The molecular weight excluding hydrogens is 466 g/mol. The Morgan fingerprint density at radius 3 is 2.78 bits per heavy atom. The number of nitrogens with one attached hydrogen (secondary N) is 1. The highest BCUT2D eigenvalue weighted by Gasteiger charge is 2.52. The van der Waals surface area contributed by atoms with Crippen molar-refractivity contribution in [2.24, 2.45) is 0 Å². The molecule has 2 aromatic heterocycles. The summed E-state index contributed by atoms with van der Waals surface area (Å²) in [6.45, 7) is 1.99. The van der Waals surface area contributed by atoms with Crippen molar-refractivity contribution in [3.63, 3.8) is 0 Å². The van der Waals surface area contributed by atoms with Crippen LogP contribution in [0.4, 0.5) is 14.6 Å². The predicted octanol–water partition coefficient (Wildman–Crippen LogP) is 3.42. The number of halogens is 2. The lowest BCUT2D eigenvalue weighted by molar-refractivity contribution is 0.0385. The number of benzene rings is 1. The number of fused-ring (bicyclic) bond motifs is 2. The van der Waals surface area contributed by atoms with Gasteiger partial charge in [-0.15, -0.1) is 10.2 Å². The SMILES string of the molecule is C[C@@]12CCC[C@@H](C[C@H](N(c3cnc(-c4ccc(-n5cc(F)c(C#N)n5)cc4O)nn3)C3CC3)[C@@H]1F)N2. The van der Waals surface area contributed by atoms with Crippen molar-refractivity contribution in [3.8, 4) is 28.9 Å². The van der Waals surface area contributed by atoms with Crippen LogP contribution < -0.4 is 10.2 Å². The van der Waals surface area contributed by atoms with Gasteiger partial charge in [0.2, 0.25) is 0 Å². The number of phenols is 1. The average Bonchev–Trinajstić information content (AvgIpc) is 3.63. The second-order valence-electron chi connectivity index (χ2n) is 10.2. The third-order valence-corrected chi connectivity index (χ3v) is 7.63. The number of nitriles is 1. The molecule has 0 unspecified atom stereocenters. The summed E-state index contributed by atoms with van der Waals surface area (Å²) in [6.07, 6.45) is 7.26. The Bertz CT molecular complexity index is 1330. The molecule has 6 rings (SSSR count). The highest BCUT2D eigenvalue weighted by molar-refractivity contribution is 5.66. The molecule has 3 aliphatic rings. The van der Waals surface area contributed by atoms with Gasteiger partial charge in [0.15, 0.2) is 23.2 Å². The first-order valence-corrected chi connectivity index (χ1v) is 12.2. The summed E-state index contributed by atoms with van der Waals surface area (Å²) in [4.78, 5) is 6.52. The fourth-order valence-corrected chi connectivity index (χ4v) is 5.71. The van der Waals surface area contributed by atoms with E-state index in [4.69, 9.17) is 5.26 Å². The number of nitrogens with zero attached hydrogens (tertiary/aromatic N) is 7. The van der Waals surface area contributed by atoms with E-state index in [0.29, 0.717) is 23.1 Å². The maximum absolute atomic E-state index is 15.8. The summed E-state index contributed by atoms with van der Waals surface area (Å²) < 4.78 is 30.7. The van der Waals surface area contributed by atoms with Gasteiger partial charge in [0.05, 0.1) is 29.7 Å². The van der Waals surface area contributed by atoms with Gasteiger partial charge in [-0.1, -0.05) is 0 Å². The van der Waals surface area contributed by atoms with Crippen LogP contribution in [0.3, 0.4) is 0 Å². The predicted molar refractivity (Wildman–Crippen MR) is 127 cm³/mol. The van der Waals surface area contributed by atoms with E-state index in [1.807, 2.05) is 6.92 Å². The minimum atomic E-state index is -1.03. The Morgan fingerprint density at radius 1 is 1.28 bits per heavy atom. The van der Waals surface area contributed by atoms with E-state index in [0.717, 1.165) is 44.7 Å². The number of anilines is 1. The number of piperidine rings is 2. The van der Waals surface area contributed by atoms with Crippen LogP contribution in [0, 0.1) is 17.1 Å². The molecule has 9 nitrogen and oxygen atoms in total. The lowest BCUT2D eigenvalue weighted by Crippen LogP contribution is -2.69. The van der Waals surface area contributed by atoms with Crippen molar-refractivity contribution in [2.45, 2.75) is 75.3 Å². The van der Waals surface area contributed by atoms with Crippen molar-refractivity contribution in [1.82, 2.24) is 30.3 Å². The van der Waals surface area contributed by atoms with Gasteiger partial charge in [-0.2, -0.15) is 10.4 Å². The number of aromatic hydroxyl groups is 1. The standard InChI is InChI=1S/C25H26F2N8O/c1-25-8-2-3-14(30-25)9-20(23(25)27)35(15-4-5-15)22-12-29-24(32-31-22)17-7-6-16(10-21(17)36)34-13-18(26)19(11-28)33-34/h6-7,10,12-15,20,23,30,36H,2-5,8-9H2,1H3/t14-,20-,23-,25+/m0/s1. The summed E-state index contributed by atoms with van der Waals surface area (Å²) >= 11 is 0. The molecule has 1 aromatic carbocycles. The van der Waals surface area contributed by atoms with Crippen LogP contribution in [0.15, 0.2) is 30.6 Å². The molecule has 0 spiro atoms. The van der Waals surface area contributed by atoms with Gasteiger partial charge in [0.1, 0.15) is 18.0 Å². The summed E-state index contributed by atoms with van der Waals surface area (Å²) in [6, 6.07) is 6.50. The minimum Gasteiger partial charge on any atom is -0.507 e. The molecule has 4 atom stereocenters. The van der Waals surface area contributed by atoms with Crippen LogP contribution in [0.5, 0.6) is 5.75 Å². The molecule has 1 saturated carbocycles. The zero-order valence-corrected chi connectivity index (χ0v) is 19.8. The first kappa shape index (κ1) is 22.8. The number of hydrogen-bond acceptors (Lipinski definition) is 8. The summed E-state index contributed by atoms with van der Waals surface area (Å²) in [5.74, 6) is -0.122. The monoisotopic (exact) mass is 492 g/mol. The molecule has 3 fully saturated rings. The summed E-state index contributed by atoms with van der Waals surface area (Å²) in [7, 11) is 0. The molecule has 36 heavy (non-hydrogen) atoms. The average molecular weight is 493 g/mol. The first-order chi connectivity index (χ1) is 17.4. The Hall–Kier alpha value is -3.65. The zero-order valence-electron chi connectivity index (χ0n) is 19.8. The Labute approximate surface area is 206 Å². The molecule has 2 aliphatic heterocycles. The van der Waals surface area contributed by atoms with Gasteiger partial charge in [-0.05, 0) is 57.6 Å². The lowest BCUT2D eigenvalue weighted by atomic mass is 9.73. The van der Waals surface area contributed by atoms with Crippen LogP contribution in [0.25, 0.3) is 17.1 Å². The van der Waals surface area contributed by atoms with Gasteiger partial charge in [0.25, 0.3) is 0 Å². The normalized spacial score (nSPS) is 27.4. The van der Waals surface area contributed by atoms with E-state index < -0.39 is 17.5 Å². The van der Waals surface area contributed by atoms with Crippen molar-refractivity contribution < 1.29 is 13.9 Å². The molecule has 0 radical (unpaired) electrons.